The topological polar surface area (TPSA) is 53.4 Å². The molecular formula is C26H35IN2O3. The zero-order chi connectivity index (χ0) is 22.7. The van der Waals surface area contributed by atoms with Gasteiger partial charge in [-0.1, -0.05) is 30.3 Å². The van der Waals surface area contributed by atoms with E-state index in [4.69, 9.17) is 14.6 Å². The fourth-order valence-electron chi connectivity index (χ4n) is 4.59. The van der Waals surface area contributed by atoms with E-state index in [2.05, 4.69) is 57.6 Å². The molecule has 0 amide bonds. The fourth-order valence-corrected chi connectivity index (χ4v) is 5.72. The van der Waals surface area contributed by atoms with Crippen molar-refractivity contribution in [3.05, 3.63) is 39.6 Å². The van der Waals surface area contributed by atoms with Crippen molar-refractivity contribution >= 4 is 28.6 Å². The van der Waals surface area contributed by atoms with Crippen molar-refractivity contribution in [3.63, 3.8) is 0 Å². The molecule has 32 heavy (non-hydrogen) atoms. The molecule has 2 fully saturated rings. The summed E-state index contributed by atoms with van der Waals surface area (Å²) in [4.78, 5) is 11.8. The van der Waals surface area contributed by atoms with Crippen LogP contribution in [0.1, 0.15) is 70.9 Å². The monoisotopic (exact) mass is 550 g/mol. The lowest BCUT2D eigenvalue weighted by Gasteiger charge is -2.28. The van der Waals surface area contributed by atoms with Crippen molar-refractivity contribution in [1.82, 2.24) is 9.78 Å². The number of halogens is 1. The van der Waals surface area contributed by atoms with Crippen LogP contribution in [0, 0.1) is 15.4 Å². The van der Waals surface area contributed by atoms with Crippen LogP contribution in [0.5, 0.6) is 0 Å². The number of rotatable bonds is 8. The summed E-state index contributed by atoms with van der Waals surface area (Å²) in [6.45, 7) is 7.31. The van der Waals surface area contributed by atoms with Crippen LogP contribution >= 0.6 is 22.6 Å². The Bertz CT molecular complexity index is 907. The van der Waals surface area contributed by atoms with E-state index in [9.17, 15) is 4.79 Å². The first-order chi connectivity index (χ1) is 15.3. The van der Waals surface area contributed by atoms with E-state index in [1.165, 1.54) is 46.2 Å². The minimum atomic E-state index is -0.458. The smallest absolute Gasteiger partial charge is 0.332 e. The maximum Gasteiger partial charge on any atom is 0.332 e. The van der Waals surface area contributed by atoms with Crippen LogP contribution < -0.4 is 0 Å². The quantitative estimate of drug-likeness (QED) is 0.290. The molecule has 0 unspecified atom stereocenters. The van der Waals surface area contributed by atoms with Crippen LogP contribution in [-0.2, 0) is 20.8 Å². The number of esters is 1. The highest BCUT2D eigenvalue weighted by Crippen LogP contribution is 2.44. The van der Waals surface area contributed by atoms with E-state index in [0.717, 1.165) is 19.4 Å². The minimum absolute atomic E-state index is 0.0489. The second kappa shape index (κ2) is 10.2. The number of hydrogen-bond acceptors (Lipinski definition) is 4. The Hall–Kier alpha value is -1.41. The van der Waals surface area contributed by atoms with Gasteiger partial charge >= 0.3 is 5.97 Å². The van der Waals surface area contributed by atoms with E-state index < -0.39 is 5.60 Å². The number of carbonyl (C=O) groups excluding carboxylic acids is 1. The molecule has 5 nitrogen and oxygen atoms in total. The maximum absolute atomic E-state index is 11.8. The molecule has 4 rings (SSSR count). The second-order valence-corrected chi connectivity index (χ2v) is 11.4. The average molecular weight is 550 g/mol. The summed E-state index contributed by atoms with van der Waals surface area (Å²) in [5.41, 5.74) is 3.39. The van der Waals surface area contributed by atoms with Gasteiger partial charge in [-0.15, -0.1) is 0 Å². The van der Waals surface area contributed by atoms with Gasteiger partial charge in [0.2, 0.25) is 0 Å². The van der Waals surface area contributed by atoms with Crippen LogP contribution in [0.3, 0.4) is 0 Å². The van der Waals surface area contributed by atoms with E-state index in [1.807, 2.05) is 20.8 Å². The van der Waals surface area contributed by atoms with Crippen LogP contribution in [-0.4, -0.2) is 34.6 Å². The molecule has 0 aliphatic heterocycles. The largest absolute Gasteiger partial charge is 0.458 e. The molecule has 2 aliphatic carbocycles. The maximum atomic E-state index is 11.8. The van der Waals surface area contributed by atoms with Crippen LogP contribution in [0.15, 0.2) is 30.3 Å². The Morgan fingerprint density at radius 2 is 1.72 bits per heavy atom. The lowest BCUT2D eigenvalue weighted by molar-refractivity contribution is -0.160. The standard InChI is InChI=1S/C26H35IN2O3/c1-26(2,3)32-22(30)17-31-16-19-11-9-18(10-12-19)15-29-25(21-7-5-4-6-8-21)23(27)24(28-29)20-13-14-20/h4-8,18-20H,9-17H2,1-3H3/t18-,19+. The molecule has 0 radical (unpaired) electrons. The molecule has 174 valence electrons. The lowest BCUT2D eigenvalue weighted by Crippen LogP contribution is -2.28. The molecule has 0 saturated heterocycles. The van der Waals surface area contributed by atoms with Crippen LogP contribution in [0.2, 0.25) is 0 Å². The molecule has 1 heterocycles. The Morgan fingerprint density at radius 3 is 2.34 bits per heavy atom. The zero-order valence-corrected chi connectivity index (χ0v) is 21.6. The first-order valence-electron chi connectivity index (χ1n) is 11.9. The van der Waals surface area contributed by atoms with Gasteiger partial charge in [0.05, 0.1) is 21.6 Å². The first-order valence-corrected chi connectivity index (χ1v) is 13.0. The molecule has 2 aromatic rings. The Balaban J connectivity index is 1.31. The van der Waals surface area contributed by atoms with Crippen molar-refractivity contribution in [2.75, 3.05) is 13.2 Å². The zero-order valence-electron chi connectivity index (χ0n) is 19.5. The predicted octanol–water partition coefficient (Wildman–Crippen LogP) is 6.20. The Kier molecular flexibility index (Phi) is 7.60. The minimum Gasteiger partial charge on any atom is -0.458 e. The second-order valence-electron chi connectivity index (χ2n) is 10.4. The van der Waals surface area contributed by atoms with Crippen LogP contribution in [0.25, 0.3) is 11.3 Å². The van der Waals surface area contributed by atoms with Crippen molar-refractivity contribution in [2.24, 2.45) is 11.8 Å². The van der Waals surface area contributed by atoms with Gasteiger partial charge in [-0.25, -0.2) is 4.79 Å². The molecule has 0 bridgehead atoms. The predicted molar refractivity (Wildman–Crippen MR) is 134 cm³/mol. The normalized spacial score (nSPS) is 21.5. The van der Waals surface area contributed by atoms with Gasteiger partial charge in [-0.3, -0.25) is 4.68 Å². The summed E-state index contributed by atoms with van der Waals surface area (Å²) in [5, 5.41) is 5.09. The van der Waals surface area contributed by atoms with Crippen LogP contribution in [0.4, 0.5) is 0 Å². The van der Waals surface area contributed by atoms with Gasteiger partial charge in [0, 0.05) is 18.0 Å². The number of carbonyl (C=O) groups is 1. The number of ether oxygens (including phenoxy) is 2. The molecule has 1 aromatic carbocycles. The molecule has 6 heteroatoms. The van der Waals surface area contributed by atoms with Crippen molar-refractivity contribution in [2.45, 2.75) is 77.4 Å². The van der Waals surface area contributed by atoms with E-state index in [0.29, 0.717) is 24.4 Å². The third-order valence-corrected chi connectivity index (χ3v) is 7.39. The average Bonchev–Trinajstić information content (AvgIpc) is 3.53. The van der Waals surface area contributed by atoms with Gasteiger partial charge < -0.3 is 9.47 Å². The molecule has 0 N–H and O–H groups in total. The Labute approximate surface area is 205 Å². The van der Waals surface area contributed by atoms with Gasteiger partial charge in [0.1, 0.15) is 12.2 Å². The summed E-state index contributed by atoms with van der Waals surface area (Å²) in [7, 11) is 0. The number of hydrogen-bond donors (Lipinski definition) is 0. The molecular weight excluding hydrogens is 515 g/mol. The van der Waals surface area contributed by atoms with Crippen molar-refractivity contribution < 1.29 is 14.3 Å². The number of aromatic nitrogens is 2. The molecule has 1 aromatic heterocycles. The molecule has 0 atom stereocenters. The van der Waals surface area contributed by atoms with Crippen molar-refractivity contribution in [3.8, 4) is 11.3 Å². The first kappa shape index (κ1) is 23.7. The Morgan fingerprint density at radius 1 is 1.06 bits per heavy atom. The van der Waals surface area contributed by atoms with Gasteiger partial charge in [-0.05, 0) is 93.7 Å². The van der Waals surface area contributed by atoms with E-state index in [1.54, 1.807) is 0 Å². The van der Waals surface area contributed by atoms with E-state index in [-0.39, 0.29) is 12.6 Å². The van der Waals surface area contributed by atoms with Gasteiger partial charge in [-0.2, -0.15) is 5.10 Å². The highest BCUT2D eigenvalue weighted by molar-refractivity contribution is 14.1. The third-order valence-electron chi connectivity index (χ3n) is 6.32. The number of benzene rings is 1. The summed E-state index contributed by atoms with van der Waals surface area (Å²) in [6.07, 6.45) is 7.21. The fraction of sp³-hybridized carbons (Fsp3) is 0.615. The molecule has 2 saturated carbocycles. The third kappa shape index (κ3) is 6.34. The summed E-state index contributed by atoms with van der Waals surface area (Å²) in [5.74, 6) is 1.55. The van der Waals surface area contributed by atoms with E-state index >= 15 is 0 Å². The van der Waals surface area contributed by atoms with Gasteiger partial charge in [0.15, 0.2) is 0 Å². The molecule has 0 spiro atoms. The lowest BCUT2D eigenvalue weighted by atomic mass is 9.82. The highest BCUT2D eigenvalue weighted by Gasteiger charge is 2.32. The molecule has 2 aliphatic rings. The number of nitrogens with zero attached hydrogens (tertiary/aromatic N) is 2. The summed E-state index contributed by atoms with van der Waals surface area (Å²) < 4.78 is 14.6. The van der Waals surface area contributed by atoms with Gasteiger partial charge in [0.25, 0.3) is 0 Å². The van der Waals surface area contributed by atoms with Crippen molar-refractivity contribution in [1.29, 1.82) is 0 Å². The summed E-state index contributed by atoms with van der Waals surface area (Å²) in [6, 6.07) is 10.7. The summed E-state index contributed by atoms with van der Waals surface area (Å²) >= 11 is 2.51. The SMILES string of the molecule is CC(C)(C)OC(=O)COC[C@H]1CC[C@@H](Cn2nc(C3CC3)c(I)c2-c2ccccc2)CC1. The highest BCUT2D eigenvalue weighted by atomic mass is 127.